The summed E-state index contributed by atoms with van der Waals surface area (Å²) in [6, 6.07) is 11.8. The summed E-state index contributed by atoms with van der Waals surface area (Å²) in [6.45, 7) is 2.04. The molecule has 4 heteroatoms. The van der Waals surface area contributed by atoms with Crippen molar-refractivity contribution in [3.63, 3.8) is 0 Å². The molecule has 18 heavy (non-hydrogen) atoms. The molecule has 3 aromatic rings. The van der Waals surface area contributed by atoms with Gasteiger partial charge in [-0.3, -0.25) is 0 Å². The Bertz CT molecular complexity index is 734. The van der Waals surface area contributed by atoms with Crippen LogP contribution in [-0.4, -0.2) is 4.98 Å². The third-order valence-electron chi connectivity index (χ3n) is 2.79. The summed E-state index contributed by atoms with van der Waals surface area (Å²) in [7, 11) is 0. The zero-order valence-electron chi connectivity index (χ0n) is 9.77. The smallest absolute Gasteiger partial charge is 0.229 e. The molecule has 0 aliphatic heterocycles. The van der Waals surface area contributed by atoms with Crippen molar-refractivity contribution in [2.24, 2.45) is 0 Å². The van der Waals surface area contributed by atoms with Gasteiger partial charge in [0.05, 0.1) is 5.56 Å². The first kappa shape index (κ1) is 11.5. The molecule has 0 fully saturated rings. The fourth-order valence-corrected chi connectivity index (χ4v) is 2.36. The molecule has 0 saturated carbocycles. The Hall–Kier alpha value is -1.56. The number of halogens is 1. The maximum atomic E-state index is 5.97. The second-order valence-corrected chi connectivity index (χ2v) is 5.47. The number of aryl methyl sites for hydroxylation is 1. The van der Waals surface area contributed by atoms with Crippen molar-refractivity contribution in [2.45, 2.75) is 6.92 Å². The van der Waals surface area contributed by atoms with Gasteiger partial charge >= 0.3 is 0 Å². The lowest BCUT2D eigenvalue weighted by atomic mass is 10.2. The first-order valence-corrected chi connectivity index (χ1v) is 6.64. The van der Waals surface area contributed by atoms with Gasteiger partial charge in [-0.15, -0.1) is 0 Å². The Balaban J connectivity index is 2.22. The van der Waals surface area contributed by atoms with Crippen molar-refractivity contribution in [2.75, 3.05) is 5.73 Å². The predicted molar refractivity (Wildman–Crippen MR) is 81.3 cm³/mol. The lowest BCUT2D eigenvalue weighted by molar-refractivity contribution is 0.620. The zero-order valence-corrected chi connectivity index (χ0v) is 11.9. The number of benzene rings is 2. The third-order valence-corrected chi connectivity index (χ3v) is 3.46. The summed E-state index contributed by atoms with van der Waals surface area (Å²) in [5, 5.41) is 0. The Morgan fingerprint density at radius 1 is 1.17 bits per heavy atom. The normalized spacial score (nSPS) is 11.0. The van der Waals surface area contributed by atoms with Gasteiger partial charge in [0.25, 0.3) is 0 Å². The number of oxazole rings is 1. The molecule has 2 aromatic carbocycles. The van der Waals surface area contributed by atoms with Crippen LogP contribution in [0.3, 0.4) is 0 Å². The van der Waals surface area contributed by atoms with Crippen molar-refractivity contribution in [1.82, 2.24) is 4.98 Å². The number of nitrogens with two attached hydrogens (primary N) is 1. The second kappa shape index (κ2) is 4.28. The number of fused-ring (bicyclic) bond motifs is 1. The maximum absolute atomic E-state index is 5.97. The van der Waals surface area contributed by atoms with Gasteiger partial charge in [-0.05, 0) is 65.4 Å². The van der Waals surface area contributed by atoms with E-state index in [1.54, 1.807) is 0 Å². The third kappa shape index (κ3) is 1.96. The minimum atomic E-state index is 0.576. The number of aromatic nitrogens is 1. The molecule has 3 nitrogen and oxygen atoms in total. The summed E-state index contributed by atoms with van der Waals surface area (Å²) >= 11 is 2.25. The number of nitrogens with zero attached hydrogens (tertiary/aromatic N) is 1. The van der Waals surface area contributed by atoms with Crippen LogP contribution in [0.25, 0.3) is 22.6 Å². The van der Waals surface area contributed by atoms with E-state index in [-0.39, 0.29) is 0 Å². The number of hydrogen-bond acceptors (Lipinski definition) is 3. The summed E-state index contributed by atoms with van der Waals surface area (Å²) in [4.78, 5) is 4.50. The van der Waals surface area contributed by atoms with Crippen molar-refractivity contribution in [1.29, 1.82) is 0 Å². The average molecular weight is 350 g/mol. The van der Waals surface area contributed by atoms with Gasteiger partial charge in [0, 0.05) is 9.26 Å². The first-order chi connectivity index (χ1) is 8.63. The molecule has 2 N–H and O–H groups in total. The molecule has 0 unspecified atom stereocenters. The molecule has 0 bridgehead atoms. The fourth-order valence-electron chi connectivity index (χ4n) is 1.87. The van der Waals surface area contributed by atoms with E-state index in [9.17, 15) is 0 Å². The van der Waals surface area contributed by atoms with Crippen LogP contribution in [0, 0.1) is 10.5 Å². The van der Waals surface area contributed by atoms with Crippen LogP contribution < -0.4 is 5.73 Å². The fraction of sp³-hybridized carbons (Fsp3) is 0.0714. The molecule has 1 heterocycles. The number of rotatable bonds is 1. The Labute approximate surface area is 118 Å². The molecule has 3 rings (SSSR count). The van der Waals surface area contributed by atoms with E-state index in [1.807, 2.05) is 43.3 Å². The highest BCUT2D eigenvalue weighted by atomic mass is 127. The van der Waals surface area contributed by atoms with Gasteiger partial charge in [0.2, 0.25) is 5.89 Å². The highest BCUT2D eigenvalue weighted by Gasteiger charge is 2.11. The van der Waals surface area contributed by atoms with E-state index in [1.165, 1.54) is 0 Å². The van der Waals surface area contributed by atoms with Gasteiger partial charge in [0.15, 0.2) is 5.58 Å². The molecule has 0 spiro atoms. The van der Waals surface area contributed by atoms with Crippen molar-refractivity contribution in [3.05, 3.63) is 45.5 Å². The van der Waals surface area contributed by atoms with Crippen LogP contribution in [-0.2, 0) is 0 Å². The second-order valence-electron chi connectivity index (χ2n) is 4.22. The minimum Gasteiger partial charge on any atom is -0.436 e. The molecule has 0 saturated heterocycles. The van der Waals surface area contributed by atoms with E-state index in [2.05, 4.69) is 27.6 Å². The highest BCUT2D eigenvalue weighted by Crippen LogP contribution is 2.30. The standard InChI is InChI=1S/C14H11IN2O/c1-8-2-5-13-12(6-8)17-14(18-13)10-7-9(15)3-4-11(10)16/h2-7H,16H2,1H3. The van der Waals surface area contributed by atoms with Crippen LogP contribution in [0.5, 0.6) is 0 Å². The summed E-state index contributed by atoms with van der Waals surface area (Å²) in [5.41, 5.74) is 10.3. The van der Waals surface area contributed by atoms with Gasteiger partial charge in [-0.25, -0.2) is 4.98 Å². The minimum absolute atomic E-state index is 0.576. The summed E-state index contributed by atoms with van der Waals surface area (Å²) in [5.74, 6) is 0.576. The van der Waals surface area contributed by atoms with Gasteiger partial charge in [-0.2, -0.15) is 0 Å². The van der Waals surface area contributed by atoms with E-state index in [0.717, 1.165) is 25.8 Å². The molecule has 1 aromatic heterocycles. The number of hydrogen-bond donors (Lipinski definition) is 1. The van der Waals surface area contributed by atoms with Crippen molar-refractivity contribution < 1.29 is 4.42 Å². The largest absolute Gasteiger partial charge is 0.436 e. The number of anilines is 1. The molecule has 90 valence electrons. The van der Waals surface area contributed by atoms with Gasteiger partial charge < -0.3 is 10.2 Å². The van der Waals surface area contributed by atoms with Crippen LogP contribution in [0.15, 0.2) is 40.8 Å². The molecular formula is C14H11IN2O. The average Bonchev–Trinajstić information content (AvgIpc) is 2.74. The van der Waals surface area contributed by atoms with Crippen molar-refractivity contribution >= 4 is 39.4 Å². The van der Waals surface area contributed by atoms with Gasteiger partial charge in [-0.1, -0.05) is 6.07 Å². The summed E-state index contributed by atoms with van der Waals surface area (Å²) in [6.07, 6.45) is 0. The Morgan fingerprint density at radius 3 is 2.83 bits per heavy atom. The molecule has 0 radical (unpaired) electrons. The van der Waals surface area contributed by atoms with Crippen LogP contribution in [0.2, 0.25) is 0 Å². The molecule has 0 aliphatic carbocycles. The van der Waals surface area contributed by atoms with E-state index in [0.29, 0.717) is 11.6 Å². The SMILES string of the molecule is Cc1ccc2oc(-c3cc(I)ccc3N)nc2c1. The van der Waals surface area contributed by atoms with Crippen LogP contribution >= 0.6 is 22.6 Å². The van der Waals surface area contributed by atoms with Crippen molar-refractivity contribution in [3.8, 4) is 11.5 Å². The van der Waals surface area contributed by atoms with E-state index < -0.39 is 0 Å². The number of nitrogen functional groups attached to an aromatic ring is 1. The molecule has 0 atom stereocenters. The zero-order chi connectivity index (χ0) is 12.7. The molecule has 0 amide bonds. The Morgan fingerprint density at radius 2 is 2.00 bits per heavy atom. The monoisotopic (exact) mass is 350 g/mol. The summed E-state index contributed by atoms with van der Waals surface area (Å²) < 4.78 is 6.86. The van der Waals surface area contributed by atoms with Crippen LogP contribution in [0.4, 0.5) is 5.69 Å². The quantitative estimate of drug-likeness (QED) is 0.533. The maximum Gasteiger partial charge on any atom is 0.229 e. The lowest BCUT2D eigenvalue weighted by Crippen LogP contribution is -1.90. The predicted octanol–water partition coefficient (Wildman–Crippen LogP) is 3.99. The topological polar surface area (TPSA) is 52.0 Å². The first-order valence-electron chi connectivity index (χ1n) is 5.56. The van der Waals surface area contributed by atoms with E-state index in [4.69, 9.17) is 10.2 Å². The molecule has 0 aliphatic rings. The van der Waals surface area contributed by atoms with Gasteiger partial charge in [0.1, 0.15) is 5.52 Å². The lowest BCUT2D eigenvalue weighted by Gasteiger charge is -2.01. The Kier molecular flexibility index (Phi) is 2.74. The molecular weight excluding hydrogens is 339 g/mol. The highest BCUT2D eigenvalue weighted by molar-refractivity contribution is 14.1. The van der Waals surface area contributed by atoms with Crippen LogP contribution in [0.1, 0.15) is 5.56 Å². The van der Waals surface area contributed by atoms with E-state index >= 15 is 0 Å².